The molecule has 0 aliphatic carbocycles. The molecule has 32 heavy (non-hydrogen) atoms. The van der Waals surface area contributed by atoms with E-state index in [4.69, 9.17) is 0 Å². The van der Waals surface area contributed by atoms with E-state index in [1.165, 1.54) is 12.1 Å². The number of anilines is 1. The van der Waals surface area contributed by atoms with Crippen LogP contribution in [0.15, 0.2) is 96.4 Å². The van der Waals surface area contributed by atoms with Crippen molar-refractivity contribution in [1.29, 1.82) is 0 Å². The van der Waals surface area contributed by atoms with Gasteiger partial charge in [-0.1, -0.05) is 42.5 Å². The van der Waals surface area contributed by atoms with Gasteiger partial charge in [-0.3, -0.25) is 9.52 Å². The maximum atomic E-state index is 12.8. The Hall–Kier alpha value is -3.91. The van der Waals surface area contributed by atoms with Crippen LogP contribution in [0, 0.1) is 6.92 Å². The van der Waals surface area contributed by atoms with Crippen molar-refractivity contribution in [3.8, 4) is 5.69 Å². The number of aryl methyl sites for hydroxylation is 1. The normalized spacial score (nSPS) is 11.2. The number of hydrogen-bond donors (Lipinski definition) is 2. The largest absolute Gasteiger partial charge is 0.348 e. The van der Waals surface area contributed by atoms with Gasteiger partial charge >= 0.3 is 0 Å². The first kappa shape index (κ1) is 21.3. The first-order chi connectivity index (χ1) is 15.4. The van der Waals surface area contributed by atoms with Crippen molar-refractivity contribution in [2.24, 2.45) is 0 Å². The monoisotopic (exact) mass is 446 g/mol. The Morgan fingerprint density at radius 3 is 2.50 bits per heavy atom. The van der Waals surface area contributed by atoms with Crippen molar-refractivity contribution in [2.75, 3.05) is 4.72 Å². The van der Waals surface area contributed by atoms with E-state index in [1.54, 1.807) is 55.8 Å². The second-order valence-corrected chi connectivity index (χ2v) is 8.91. The molecule has 0 aliphatic rings. The molecule has 7 nitrogen and oxygen atoms in total. The highest BCUT2D eigenvalue weighted by molar-refractivity contribution is 7.92. The fourth-order valence-electron chi connectivity index (χ4n) is 3.27. The molecule has 0 radical (unpaired) electrons. The van der Waals surface area contributed by atoms with E-state index in [-0.39, 0.29) is 10.8 Å². The Morgan fingerprint density at radius 2 is 1.75 bits per heavy atom. The number of rotatable bonds is 7. The number of carbonyl (C=O) groups is 1. The first-order valence-corrected chi connectivity index (χ1v) is 11.5. The van der Waals surface area contributed by atoms with Gasteiger partial charge in [-0.2, -0.15) is 0 Å². The van der Waals surface area contributed by atoms with Gasteiger partial charge in [0.15, 0.2) is 0 Å². The summed E-state index contributed by atoms with van der Waals surface area (Å²) in [5.74, 6) is -0.300. The minimum atomic E-state index is -3.75. The summed E-state index contributed by atoms with van der Waals surface area (Å²) in [7, 11) is -3.75. The number of amides is 1. The Balaban J connectivity index is 1.51. The van der Waals surface area contributed by atoms with Gasteiger partial charge < -0.3 is 9.88 Å². The van der Waals surface area contributed by atoms with E-state index in [9.17, 15) is 13.2 Å². The molecule has 2 N–H and O–H groups in total. The Kier molecular flexibility index (Phi) is 6.04. The molecule has 1 heterocycles. The molecular weight excluding hydrogens is 424 g/mol. The number of sulfonamides is 1. The van der Waals surface area contributed by atoms with Crippen LogP contribution in [0.25, 0.3) is 5.69 Å². The molecule has 0 fully saturated rings. The minimum Gasteiger partial charge on any atom is -0.348 e. The zero-order valence-corrected chi connectivity index (χ0v) is 18.2. The lowest BCUT2D eigenvalue weighted by Gasteiger charge is -2.14. The molecule has 0 aliphatic heterocycles. The van der Waals surface area contributed by atoms with Crippen molar-refractivity contribution in [3.63, 3.8) is 0 Å². The van der Waals surface area contributed by atoms with Gasteiger partial charge in [-0.25, -0.2) is 13.4 Å². The first-order valence-electron chi connectivity index (χ1n) is 9.97. The molecule has 4 rings (SSSR count). The zero-order chi connectivity index (χ0) is 22.6. The summed E-state index contributed by atoms with van der Waals surface area (Å²) in [5, 5.41) is 2.91. The zero-order valence-electron chi connectivity index (χ0n) is 17.4. The molecule has 8 heteroatoms. The number of nitrogens with one attached hydrogen (secondary N) is 2. The second-order valence-electron chi connectivity index (χ2n) is 7.23. The molecular formula is C24H22N4O3S. The molecule has 0 spiro atoms. The summed E-state index contributed by atoms with van der Waals surface area (Å²) in [6, 6.07) is 20.8. The topological polar surface area (TPSA) is 93.1 Å². The van der Waals surface area contributed by atoms with Crippen molar-refractivity contribution < 1.29 is 13.2 Å². The maximum absolute atomic E-state index is 12.8. The molecule has 0 saturated carbocycles. The van der Waals surface area contributed by atoms with Crippen LogP contribution < -0.4 is 10.0 Å². The summed E-state index contributed by atoms with van der Waals surface area (Å²) in [6.07, 6.45) is 5.23. The Labute approximate surface area is 186 Å². The van der Waals surface area contributed by atoms with E-state index in [0.29, 0.717) is 23.4 Å². The molecule has 0 bridgehead atoms. The van der Waals surface area contributed by atoms with Crippen LogP contribution in [0.1, 0.15) is 21.5 Å². The molecule has 0 atom stereocenters. The summed E-state index contributed by atoms with van der Waals surface area (Å²) in [4.78, 5) is 17.0. The molecule has 1 amide bonds. The SMILES string of the molecule is Cc1ccc(C(=O)NCc2ccccc2-n2ccnc2)cc1NS(=O)(=O)c1ccccc1. The lowest BCUT2D eigenvalue weighted by atomic mass is 10.1. The fraction of sp³-hybridized carbons (Fsp3) is 0.0833. The summed E-state index contributed by atoms with van der Waals surface area (Å²) in [6.45, 7) is 2.10. The smallest absolute Gasteiger partial charge is 0.261 e. The number of aromatic nitrogens is 2. The van der Waals surface area contributed by atoms with Crippen molar-refractivity contribution in [1.82, 2.24) is 14.9 Å². The average molecular weight is 447 g/mol. The van der Waals surface area contributed by atoms with Crippen LogP contribution in [-0.4, -0.2) is 23.9 Å². The number of para-hydroxylation sites is 1. The molecule has 0 unspecified atom stereocenters. The van der Waals surface area contributed by atoms with Gasteiger partial charge in [0.05, 0.1) is 22.6 Å². The lowest BCUT2D eigenvalue weighted by Crippen LogP contribution is -2.24. The van der Waals surface area contributed by atoms with E-state index in [0.717, 1.165) is 11.3 Å². The molecule has 162 valence electrons. The van der Waals surface area contributed by atoms with E-state index >= 15 is 0 Å². The molecule has 0 saturated heterocycles. The van der Waals surface area contributed by atoms with E-state index in [2.05, 4.69) is 15.0 Å². The highest BCUT2D eigenvalue weighted by atomic mass is 32.2. The van der Waals surface area contributed by atoms with Crippen LogP contribution in [-0.2, 0) is 16.6 Å². The van der Waals surface area contributed by atoms with Crippen molar-refractivity contribution in [3.05, 3.63) is 108 Å². The predicted octanol–water partition coefficient (Wildman–Crippen LogP) is 3.91. The number of benzene rings is 3. The van der Waals surface area contributed by atoms with Crippen molar-refractivity contribution >= 4 is 21.6 Å². The van der Waals surface area contributed by atoms with Crippen LogP contribution >= 0.6 is 0 Å². The summed E-state index contributed by atoms with van der Waals surface area (Å²) in [5.41, 5.74) is 3.29. The standard InChI is InChI=1S/C24H22N4O3S/c1-18-11-12-19(15-22(18)27-32(30,31)21-8-3-2-4-9-21)24(29)26-16-20-7-5-6-10-23(20)28-14-13-25-17-28/h2-15,17,27H,16H2,1H3,(H,26,29). The van der Waals surface area contributed by atoms with Crippen LogP contribution in [0.2, 0.25) is 0 Å². The molecule has 3 aromatic carbocycles. The highest BCUT2D eigenvalue weighted by Crippen LogP contribution is 2.22. The van der Waals surface area contributed by atoms with Gasteiger partial charge in [0.2, 0.25) is 0 Å². The van der Waals surface area contributed by atoms with Gasteiger partial charge in [0, 0.05) is 24.5 Å². The lowest BCUT2D eigenvalue weighted by molar-refractivity contribution is 0.0951. The quantitative estimate of drug-likeness (QED) is 0.450. The minimum absolute atomic E-state index is 0.158. The van der Waals surface area contributed by atoms with Crippen LogP contribution in [0.5, 0.6) is 0 Å². The maximum Gasteiger partial charge on any atom is 0.261 e. The van der Waals surface area contributed by atoms with E-state index < -0.39 is 10.0 Å². The third-order valence-electron chi connectivity index (χ3n) is 5.01. The fourth-order valence-corrected chi connectivity index (χ4v) is 4.41. The Morgan fingerprint density at radius 1 is 1.00 bits per heavy atom. The van der Waals surface area contributed by atoms with Crippen LogP contribution in [0.3, 0.4) is 0 Å². The number of hydrogen-bond acceptors (Lipinski definition) is 4. The number of imidazole rings is 1. The Bertz CT molecular complexity index is 1330. The third kappa shape index (κ3) is 4.70. The summed E-state index contributed by atoms with van der Waals surface area (Å²) < 4.78 is 29.8. The van der Waals surface area contributed by atoms with Gasteiger partial charge in [0.1, 0.15) is 0 Å². The van der Waals surface area contributed by atoms with Gasteiger partial charge in [-0.15, -0.1) is 0 Å². The average Bonchev–Trinajstić information content (AvgIpc) is 3.34. The highest BCUT2D eigenvalue weighted by Gasteiger charge is 2.16. The number of nitrogens with zero attached hydrogens (tertiary/aromatic N) is 2. The number of carbonyl (C=O) groups excluding carboxylic acids is 1. The van der Waals surface area contributed by atoms with Crippen molar-refractivity contribution in [2.45, 2.75) is 18.4 Å². The van der Waals surface area contributed by atoms with E-state index in [1.807, 2.05) is 35.0 Å². The molecule has 4 aromatic rings. The van der Waals surface area contributed by atoms with Gasteiger partial charge in [0.25, 0.3) is 15.9 Å². The van der Waals surface area contributed by atoms with Gasteiger partial charge in [-0.05, 0) is 48.4 Å². The second kappa shape index (κ2) is 9.07. The summed E-state index contributed by atoms with van der Waals surface area (Å²) >= 11 is 0. The van der Waals surface area contributed by atoms with Crippen LogP contribution in [0.4, 0.5) is 5.69 Å². The molecule has 1 aromatic heterocycles. The predicted molar refractivity (Wildman–Crippen MR) is 123 cm³/mol. The third-order valence-corrected chi connectivity index (χ3v) is 6.39.